The van der Waals surface area contributed by atoms with E-state index in [9.17, 15) is 19.4 Å². The first kappa shape index (κ1) is 14.4. The Labute approximate surface area is 105 Å². The van der Waals surface area contributed by atoms with Crippen molar-refractivity contribution in [1.29, 1.82) is 0 Å². The van der Waals surface area contributed by atoms with E-state index in [0.717, 1.165) is 12.5 Å². The van der Waals surface area contributed by atoms with Crippen molar-refractivity contribution < 1.29 is 19.4 Å². The number of nitrogens with one attached hydrogen (secondary N) is 1. The number of carbonyl (C=O) groups is 1. The van der Waals surface area contributed by atoms with Crippen molar-refractivity contribution in [2.75, 3.05) is 6.54 Å². The first-order valence-electron chi connectivity index (χ1n) is 5.85. The molecule has 0 aromatic heterocycles. The summed E-state index contributed by atoms with van der Waals surface area (Å²) in [7, 11) is 0. The molecule has 0 saturated heterocycles. The number of phenols is 1. The van der Waals surface area contributed by atoms with E-state index in [2.05, 4.69) is 5.32 Å². The zero-order valence-corrected chi connectivity index (χ0v) is 10.5. The molecule has 0 fully saturated rings. The Balaban J connectivity index is 2.72. The van der Waals surface area contributed by atoms with Crippen LogP contribution in [0.25, 0.3) is 0 Å². The van der Waals surface area contributed by atoms with Crippen LogP contribution in [0.1, 0.15) is 37.0 Å². The van der Waals surface area contributed by atoms with Gasteiger partial charge in [0.2, 0.25) is 0 Å². The van der Waals surface area contributed by atoms with Gasteiger partial charge in [-0.05, 0) is 25.5 Å². The second-order valence-electron chi connectivity index (χ2n) is 4.56. The molecule has 1 amide bonds. The highest BCUT2D eigenvalue weighted by Gasteiger charge is 2.22. The van der Waals surface area contributed by atoms with Crippen molar-refractivity contribution in [3.63, 3.8) is 0 Å². The Morgan fingerprint density at radius 1 is 1.50 bits per heavy atom. The zero-order valence-electron chi connectivity index (χ0n) is 10.5. The van der Waals surface area contributed by atoms with E-state index in [1.165, 1.54) is 12.1 Å². The number of hydrogen-bond acceptors (Lipinski definition) is 3. The highest BCUT2D eigenvalue weighted by atomic mass is 19.1. The first-order chi connectivity index (χ1) is 8.37. The van der Waals surface area contributed by atoms with Gasteiger partial charge in [0.25, 0.3) is 5.91 Å². The van der Waals surface area contributed by atoms with E-state index in [1.54, 1.807) is 6.92 Å². The smallest absolute Gasteiger partial charge is 0.258 e. The van der Waals surface area contributed by atoms with Gasteiger partial charge in [-0.25, -0.2) is 4.39 Å². The van der Waals surface area contributed by atoms with E-state index in [0.29, 0.717) is 6.42 Å². The SMILES string of the molecule is CCCC(C)(O)CNC(=O)c1c(O)cccc1F. The first-order valence-corrected chi connectivity index (χ1v) is 5.85. The van der Waals surface area contributed by atoms with E-state index < -0.39 is 28.6 Å². The van der Waals surface area contributed by atoms with Crippen molar-refractivity contribution in [3.05, 3.63) is 29.6 Å². The molecule has 1 aromatic carbocycles. The third-order valence-corrected chi connectivity index (χ3v) is 2.64. The molecule has 1 atom stereocenters. The predicted octanol–water partition coefficient (Wildman–Crippen LogP) is 1.81. The maximum atomic E-state index is 13.4. The molecule has 0 aliphatic rings. The molecular weight excluding hydrogens is 237 g/mol. The Kier molecular flexibility index (Phi) is 4.67. The van der Waals surface area contributed by atoms with Crippen molar-refractivity contribution in [2.24, 2.45) is 0 Å². The average Bonchev–Trinajstić information content (AvgIpc) is 2.26. The minimum Gasteiger partial charge on any atom is -0.507 e. The largest absolute Gasteiger partial charge is 0.507 e. The minimum absolute atomic E-state index is 0.00739. The molecule has 1 aromatic rings. The third kappa shape index (κ3) is 3.70. The van der Waals surface area contributed by atoms with Crippen LogP contribution < -0.4 is 5.32 Å². The number of halogens is 1. The van der Waals surface area contributed by atoms with Gasteiger partial charge in [-0.1, -0.05) is 19.4 Å². The number of rotatable bonds is 5. The molecule has 18 heavy (non-hydrogen) atoms. The Morgan fingerprint density at radius 2 is 2.17 bits per heavy atom. The van der Waals surface area contributed by atoms with E-state index >= 15 is 0 Å². The second-order valence-corrected chi connectivity index (χ2v) is 4.56. The van der Waals surface area contributed by atoms with E-state index in [-0.39, 0.29) is 6.54 Å². The number of phenolic OH excluding ortho intramolecular Hbond substituents is 1. The summed E-state index contributed by atoms with van der Waals surface area (Å²) in [5.74, 6) is -1.94. The molecule has 0 radical (unpaired) electrons. The number of benzene rings is 1. The van der Waals surface area contributed by atoms with E-state index in [4.69, 9.17) is 0 Å². The van der Waals surface area contributed by atoms with Gasteiger partial charge < -0.3 is 15.5 Å². The lowest BCUT2D eigenvalue weighted by molar-refractivity contribution is 0.0468. The van der Waals surface area contributed by atoms with Crippen LogP contribution in [0.4, 0.5) is 4.39 Å². The molecule has 5 heteroatoms. The summed E-state index contributed by atoms with van der Waals surface area (Å²) in [4.78, 5) is 11.7. The Morgan fingerprint density at radius 3 is 2.72 bits per heavy atom. The number of amides is 1. The molecule has 0 spiro atoms. The monoisotopic (exact) mass is 255 g/mol. The summed E-state index contributed by atoms with van der Waals surface area (Å²) in [6.07, 6.45) is 1.30. The molecule has 100 valence electrons. The zero-order chi connectivity index (χ0) is 13.8. The van der Waals surface area contributed by atoms with E-state index in [1.807, 2.05) is 6.92 Å². The highest BCUT2D eigenvalue weighted by molar-refractivity contribution is 5.97. The topological polar surface area (TPSA) is 69.6 Å². The molecule has 0 bridgehead atoms. The summed E-state index contributed by atoms with van der Waals surface area (Å²) in [5, 5.41) is 21.7. The fourth-order valence-electron chi connectivity index (χ4n) is 1.72. The molecular formula is C13H18FNO3. The summed E-state index contributed by atoms with van der Waals surface area (Å²) in [5.41, 5.74) is -1.43. The standard InChI is InChI=1S/C13H18FNO3/c1-3-7-13(2,18)8-15-12(17)11-9(14)5-4-6-10(11)16/h4-6,16,18H,3,7-8H2,1-2H3,(H,15,17). The summed E-state index contributed by atoms with van der Waals surface area (Å²) in [6, 6.07) is 3.65. The van der Waals surface area contributed by atoms with Crippen LogP contribution >= 0.6 is 0 Å². The predicted molar refractivity (Wildman–Crippen MR) is 65.9 cm³/mol. The van der Waals surface area contributed by atoms with Crippen LogP contribution in [0.2, 0.25) is 0 Å². The fourth-order valence-corrected chi connectivity index (χ4v) is 1.72. The van der Waals surface area contributed by atoms with Gasteiger partial charge in [0.15, 0.2) is 0 Å². The van der Waals surface area contributed by atoms with Gasteiger partial charge in [-0.2, -0.15) is 0 Å². The lowest BCUT2D eigenvalue weighted by Gasteiger charge is -2.23. The lowest BCUT2D eigenvalue weighted by Crippen LogP contribution is -2.40. The van der Waals surface area contributed by atoms with Crippen LogP contribution in [-0.2, 0) is 0 Å². The summed E-state index contributed by atoms with van der Waals surface area (Å²) < 4.78 is 13.4. The Hall–Kier alpha value is -1.62. The van der Waals surface area contributed by atoms with Crippen LogP contribution in [0.15, 0.2) is 18.2 Å². The maximum Gasteiger partial charge on any atom is 0.258 e. The molecule has 3 N–H and O–H groups in total. The lowest BCUT2D eigenvalue weighted by atomic mass is 10.0. The molecule has 0 heterocycles. The van der Waals surface area contributed by atoms with Crippen LogP contribution in [0.5, 0.6) is 5.75 Å². The summed E-state index contributed by atoms with van der Waals surface area (Å²) >= 11 is 0. The highest BCUT2D eigenvalue weighted by Crippen LogP contribution is 2.19. The van der Waals surface area contributed by atoms with Gasteiger partial charge in [-0.3, -0.25) is 4.79 Å². The van der Waals surface area contributed by atoms with Gasteiger partial charge in [0, 0.05) is 6.54 Å². The molecule has 1 rings (SSSR count). The average molecular weight is 255 g/mol. The van der Waals surface area contributed by atoms with Crippen molar-refractivity contribution >= 4 is 5.91 Å². The fraction of sp³-hybridized carbons (Fsp3) is 0.462. The van der Waals surface area contributed by atoms with Crippen LogP contribution in [-0.4, -0.2) is 28.3 Å². The van der Waals surface area contributed by atoms with Gasteiger partial charge in [0.05, 0.1) is 5.60 Å². The van der Waals surface area contributed by atoms with Crippen molar-refractivity contribution in [1.82, 2.24) is 5.32 Å². The number of carbonyl (C=O) groups excluding carboxylic acids is 1. The molecule has 0 saturated carbocycles. The minimum atomic E-state index is -1.04. The van der Waals surface area contributed by atoms with Gasteiger partial charge >= 0.3 is 0 Å². The van der Waals surface area contributed by atoms with Crippen LogP contribution in [0, 0.1) is 5.82 Å². The van der Waals surface area contributed by atoms with Crippen molar-refractivity contribution in [3.8, 4) is 5.75 Å². The number of aromatic hydroxyl groups is 1. The summed E-state index contributed by atoms with van der Waals surface area (Å²) in [6.45, 7) is 3.52. The maximum absolute atomic E-state index is 13.4. The molecule has 4 nitrogen and oxygen atoms in total. The van der Waals surface area contributed by atoms with Gasteiger partial charge in [-0.15, -0.1) is 0 Å². The Bertz CT molecular complexity index is 412. The molecule has 1 unspecified atom stereocenters. The van der Waals surface area contributed by atoms with Crippen LogP contribution in [0.3, 0.4) is 0 Å². The quantitative estimate of drug-likeness (QED) is 0.751. The van der Waals surface area contributed by atoms with Crippen molar-refractivity contribution in [2.45, 2.75) is 32.3 Å². The van der Waals surface area contributed by atoms with Gasteiger partial charge in [0.1, 0.15) is 17.1 Å². The normalized spacial score (nSPS) is 14.0. The molecule has 0 aliphatic carbocycles. The second kappa shape index (κ2) is 5.82. The number of aliphatic hydroxyl groups is 1. The molecule has 0 aliphatic heterocycles. The number of hydrogen-bond donors (Lipinski definition) is 3. The third-order valence-electron chi connectivity index (χ3n) is 2.64.